The van der Waals surface area contributed by atoms with Crippen LogP contribution >= 0.6 is 0 Å². The Morgan fingerprint density at radius 3 is 2.43 bits per heavy atom. The quantitative estimate of drug-likeness (QED) is 0.432. The van der Waals surface area contributed by atoms with Gasteiger partial charge in [0.2, 0.25) is 0 Å². The van der Waals surface area contributed by atoms with Crippen LogP contribution in [-0.2, 0) is 16.0 Å². The maximum atomic E-state index is 13.0. The van der Waals surface area contributed by atoms with E-state index in [2.05, 4.69) is 11.9 Å². The Labute approximate surface area is 174 Å². The summed E-state index contributed by atoms with van der Waals surface area (Å²) in [6, 6.07) is 11.2. The van der Waals surface area contributed by atoms with Crippen LogP contribution in [-0.4, -0.2) is 31.6 Å². The molecule has 0 atom stereocenters. The van der Waals surface area contributed by atoms with Gasteiger partial charge in [-0.25, -0.2) is 9.69 Å². The molecule has 1 aliphatic rings. The second-order valence-electron chi connectivity index (χ2n) is 6.49. The van der Waals surface area contributed by atoms with Gasteiger partial charge in [0.25, 0.3) is 11.8 Å². The Kier molecular flexibility index (Phi) is 6.32. The van der Waals surface area contributed by atoms with Crippen LogP contribution in [0.15, 0.2) is 60.7 Å². The predicted octanol–water partition coefficient (Wildman–Crippen LogP) is 3.49. The monoisotopic (exact) mass is 406 g/mol. The topological polar surface area (TPSA) is 84.9 Å². The van der Waals surface area contributed by atoms with Crippen molar-refractivity contribution in [2.24, 2.45) is 0 Å². The van der Waals surface area contributed by atoms with Crippen molar-refractivity contribution in [2.45, 2.75) is 13.3 Å². The number of carbonyl (C=O) groups is 3. The molecule has 0 saturated carbocycles. The zero-order valence-corrected chi connectivity index (χ0v) is 16.8. The van der Waals surface area contributed by atoms with E-state index in [-0.39, 0.29) is 5.57 Å². The highest BCUT2D eigenvalue weighted by Gasteiger charge is 2.36. The molecule has 7 nitrogen and oxygen atoms in total. The van der Waals surface area contributed by atoms with Crippen molar-refractivity contribution in [1.29, 1.82) is 0 Å². The number of amides is 4. The van der Waals surface area contributed by atoms with Crippen LogP contribution in [0.5, 0.6) is 11.5 Å². The lowest BCUT2D eigenvalue weighted by Gasteiger charge is -2.26. The molecule has 0 bridgehead atoms. The predicted molar refractivity (Wildman–Crippen MR) is 114 cm³/mol. The molecule has 7 heteroatoms. The zero-order chi connectivity index (χ0) is 21.7. The van der Waals surface area contributed by atoms with Crippen LogP contribution in [0.1, 0.15) is 18.1 Å². The smallest absolute Gasteiger partial charge is 0.335 e. The number of methoxy groups -OCH3 is 1. The standard InChI is InChI=1S/C23H22N2O5/c1-4-12-30-19-11-8-16(14-20(19)29-3)13-18-21(26)24-23(28)25(22(18)27)17-9-6-15(5-2)7-10-17/h4,6-11,13-14H,1,5,12H2,2-3H3,(H,24,26,28)/b18-13-. The summed E-state index contributed by atoms with van der Waals surface area (Å²) in [6.45, 7) is 5.92. The van der Waals surface area contributed by atoms with Gasteiger partial charge in [0.05, 0.1) is 12.8 Å². The lowest BCUT2D eigenvalue weighted by Crippen LogP contribution is -2.54. The third-order valence-electron chi connectivity index (χ3n) is 4.56. The fourth-order valence-corrected chi connectivity index (χ4v) is 2.98. The third-order valence-corrected chi connectivity index (χ3v) is 4.56. The van der Waals surface area contributed by atoms with Crippen molar-refractivity contribution in [3.63, 3.8) is 0 Å². The zero-order valence-electron chi connectivity index (χ0n) is 16.8. The van der Waals surface area contributed by atoms with Gasteiger partial charge in [-0.2, -0.15) is 0 Å². The fraction of sp³-hybridized carbons (Fsp3) is 0.174. The van der Waals surface area contributed by atoms with E-state index in [1.165, 1.54) is 13.2 Å². The number of hydrogen-bond acceptors (Lipinski definition) is 5. The Morgan fingerprint density at radius 2 is 1.80 bits per heavy atom. The minimum absolute atomic E-state index is 0.156. The van der Waals surface area contributed by atoms with Crippen LogP contribution in [0.25, 0.3) is 6.08 Å². The number of rotatable bonds is 7. The summed E-state index contributed by atoms with van der Waals surface area (Å²) < 4.78 is 10.8. The van der Waals surface area contributed by atoms with Crippen LogP contribution < -0.4 is 19.7 Å². The molecule has 0 unspecified atom stereocenters. The number of barbiturate groups is 1. The molecule has 1 saturated heterocycles. The number of benzene rings is 2. The Bertz CT molecular complexity index is 1020. The van der Waals surface area contributed by atoms with E-state index in [0.717, 1.165) is 16.9 Å². The number of urea groups is 1. The van der Waals surface area contributed by atoms with Gasteiger partial charge in [-0.05, 0) is 47.9 Å². The first-order chi connectivity index (χ1) is 14.5. The molecular weight excluding hydrogens is 384 g/mol. The van der Waals surface area contributed by atoms with Crippen LogP contribution in [0, 0.1) is 0 Å². The van der Waals surface area contributed by atoms with Crippen LogP contribution in [0.4, 0.5) is 10.5 Å². The summed E-state index contributed by atoms with van der Waals surface area (Å²) >= 11 is 0. The average molecular weight is 406 g/mol. The number of carbonyl (C=O) groups excluding carboxylic acids is 3. The molecule has 1 heterocycles. The van der Waals surface area contributed by atoms with E-state index < -0.39 is 17.8 Å². The number of ether oxygens (including phenoxy) is 2. The summed E-state index contributed by atoms with van der Waals surface area (Å²) in [6.07, 6.45) is 3.86. The molecule has 0 spiro atoms. The van der Waals surface area contributed by atoms with Gasteiger partial charge in [-0.1, -0.05) is 37.8 Å². The first kappa shape index (κ1) is 20.9. The second kappa shape index (κ2) is 9.09. The molecule has 0 aliphatic carbocycles. The molecule has 0 radical (unpaired) electrons. The van der Waals surface area contributed by atoms with Gasteiger partial charge < -0.3 is 9.47 Å². The van der Waals surface area contributed by atoms with Crippen molar-refractivity contribution in [1.82, 2.24) is 5.32 Å². The van der Waals surface area contributed by atoms with Gasteiger partial charge in [-0.15, -0.1) is 0 Å². The molecule has 154 valence electrons. The minimum atomic E-state index is -0.780. The van der Waals surface area contributed by atoms with E-state index in [9.17, 15) is 14.4 Å². The molecule has 0 aromatic heterocycles. The Hall–Kier alpha value is -3.87. The van der Waals surface area contributed by atoms with Crippen LogP contribution in [0.3, 0.4) is 0 Å². The van der Waals surface area contributed by atoms with E-state index in [0.29, 0.717) is 29.4 Å². The lowest BCUT2D eigenvalue weighted by atomic mass is 10.1. The first-order valence-electron chi connectivity index (χ1n) is 9.40. The fourth-order valence-electron chi connectivity index (χ4n) is 2.98. The van der Waals surface area contributed by atoms with Gasteiger partial charge in [0, 0.05) is 0 Å². The van der Waals surface area contributed by atoms with Crippen molar-refractivity contribution < 1.29 is 23.9 Å². The summed E-state index contributed by atoms with van der Waals surface area (Å²) in [5.41, 5.74) is 1.85. The average Bonchev–Trinajstić information content (AvgIpc) is 2.75. The molecule has 1 N–H and O–H groups in total. The van der Waals surface area contributed by atoms with E-state index in [4.69, 9.17) is 9.47 Å². The van der Waals surface area contributed by atoms with Gasteiger partial charge >= 0.3 is 6.03 Å². The molecule has 4 amide bonds. The van der Waals surface area contributed by atoms with Gasteiger partial charge in [0.1, 0.15) is 12.2 Å². The third kappa shape index (κ3) is 4.25. The van der Waals surface area contributed by atoms with Crippen LogP contribution in [0.2, 0.25) is 0 Å². The van der Waals surface area contributed by atoms with E-state index in [1.807, 2.05) is 19.1 Å². The lowest BCUT2D eigenvalue weighted by molar-refractivity contribution is -0.122. The van der Waals surface area contributed by atoms with E-state index >= 15 is 0 Å². The highest BCUT2D eigenvalue weighted by Crippen LogP contribution is 2.30. The number of hydrogen-bond donors (Lipinski definition) is 1. The van der Waals surface area contributed by atoms with Gasteiger partial charge in [-0.3, -0.25) is 14.9 Å². The molecule has 1 aliphatic heterocycles. The molecule has 3 rings (SSSR count). The number of anilines is 1. The Balaban J connectivity index is 1.94. The Morgan fingerprint density at radius 1 is 1.07 bits per heavy atom. The molecule has 2 aromatic rings. The summed E-state index contributed by atoms with van der Waals surface area (Å²) in [5, 5.41) is 2.22. The van der Waals surface area contributed by atoms with Crippen molar-refractivity contribution >= 4 is 29.6 Å². The number of nitrogens with one attached hydrogen (secondary N) is 1. The summed E-state index contributed by atoms with van der Waals surface area (Å²) in [4.78, 5) is 38.6. The molecule has 2 aromatic carbocycles. The van der Waals surface area contributed by atoms with Crippen molar-refractivity contribution in [3.8, 4) is 11.5 Å². The largest absolute Gasteiger partial charge is 0.493 e. The second-order valence-corrected chi connectivity index (χ2v) is 6.49. The van der Waals surface area contributed by atoms with Crippen molar-refractivity contribution in [3.05, 3.63) is 71.8 Å². The summed E-state index contributed by atoms with van der Waals surface area (Å²) in [7, 11) is 1.49. The number of imide groups is 2. The minimum Gasteiger partial charge on any atom is -0.493 e. The number of aryl methyl sites for hydroxylation is 1. The summed E-state index contributed by atoms with van der Waals surface area (Å²) in [5.74, 6) is -0.499. The highest BCUT2D eigenvalue weighted by molar-refractivity contribution is 6.39. The van der Waals surface area contributed by atoms with Gasteiger partial charge in [0.15, 0.2) is 11.5 Å². The highest BCUT2D eigenvalue weighted by atomic mass is 16.5. The molecule has 1 fully saturated rings. The SMILES string of the molecule is C=CCOc1ccc(/C=C2/C(=O)NC(=O)N(c3ccc(CC)cc3)C2=O)cc1OC. The van der Waals surface area contributed by atoms with Crippen molar-refractivity contribution in [2.75, 3.05) is 18.6 Å². The van der Waals surface area contributed by atoms with E-state index in [1.54, 1.807) is 36.4 Å². The maximum absolute atomic E-state index is 13.0. The first-order valence-corrected chi connectivity index (χ1v) is 9.40. The molecular formula is C23H22N2O5. The normalized spacial score (nSPS) is 15.2. The number of nitrogens with zero attached hydrogens (tertiary/aromatic N) is 1. The molecule has 30 heavy (non-hydrogen) atoms. The maximum Gasteiger partial charge on any atom is 0.335 e.